The molecule has 1 heterocycles. The van der Waals surface area contributed by atoms with Gasteiger partial charge in [0.15, 0.2) is 0 Å². The van der Waals surface area contributed by atoms with Crippen LogP contribution in [-0.4, -0.2) is 37.0 Å². The Bertz CT molecular complexity index is 511. The zero-order chi connectivity index (χ0) is 16.2. The SMILES string of the molecule is CCNCC1CCN(C(=O)C(C)(C)c2ccccc2Cl)CC1.Cl. The summed E-state index contributed by atoms with van der Waals surface area (Å²) >= 11 is 6.29. The van der Waals surface area contributed by atoms with Crippen molar-refractivity contribution in [2.45, 2.75) is 39.0 Å². The molecule has 23 heavy (non-hydrogen) atoms. The fraction of sp³-hybridized carbons (Fsp3) is 0.611. The summed E-state index contributed by atoms with van der Waals surface area (Å²) in [7, 11) is 0. The van der Waals surface area contributed by atoms with Crippen LogP contribution in [0.2, 0.25) is 5.02 Å². The van der Waals surface area contributed by atoms with Crippen molar-refractivity contribution in [2.75, 3.05) is 26.2 Å². The highest BCUT2D eigenvalue weighted by molar-refractivity contribution is 6.31. The highest BCUT2D eigenvalue weighted by atomic mass is 35.5. The summed E-state index contributed by atoms with van der Waals surface area (Å²) in [6.45, 7) is 9.85. The second-order valence-electron chi connectivity index (χ2n) is 6.65. The molecule has 0 saturated carbocycles. The first kappa shape index (κ1) is 20.3. The van der Waals surface area contributed by atoms with E-state index in [0.717, 1.165) is 44.6 Å². The molecule has 130 valence electrons. The minimum absolute atomic E-state index is 0. The van der Waals surface area contributed by atoms with Gasteiger partial charge in [-0.05, 0) is 57.3 Å². The Morgan fingerprint density at radius 1 is 1.30 bits per heavy atom. The Morgan fingerprint density at radius 3 is 2.48 bits per heavy atom. The van der Waals surface area contributed by atoms with E-state index in [2.05, 4.69) is 12.2 Å². The second kappa shape index (κ2) is 8.91. The summed E-state index contributed by atoms with van der Waals surface area (Å²) in [5.74, 6) is 0.870. The number of rotatable bonds is 5. The number of hydrogen-bond acceptors (Lipinski definition) is 2. The Kier molecular flexibility index (Phi) is 7.85. The van der Waals surface area contributed by atoms with E-state index in [1.165, 1.54) is 0 Å². The van der Waals surface area contributed by atoms with Crippen molar-refractivity contribution < 1.29 is 4.79 Å². The predicted octanol–water partition coefficient (Wildman–Crippen LogP) is 3.89. The van der Waals surface area contributed by atoms with Gasteiger partial charge in [0.05, 0.1) is 5.41 Å². The summed E-state index contributed by atoms with van der Waals surface area (Å²) in [5, 5.41) is 4.07. The van der Waals surface area contributed by atoms with Gasteiger partial charge in [-0.2, -0.15) is 0 Å². The number of benzene rings is 1. The topological polar surface area (TPSA) is 32.3 Å². The zero-order valence-corrected chi connectivity index (χ0v) is 15.8. The van der Waals surface area contributed by atoms with E-state index in [1.807, 2.05) is 43.0 Å². The van der Waals surface area contributed by atoms with Gasteiger partial charge in [-0.1, -0.05) is 36.7 Å². The monoisotopic (exact) mass is 358 g/mol. The van der Waals surface area contributed by atoms with E-state index in [4.69, 9.17) is 11.6 Å². The van der Waals surface area contributed by atoms with Crippen LogP contribution in [0.5, 0.6) is 0 Å². The molecule has 1 aromatic carbocycles. The van der Waals surface area contributed by atoms with Crippen molar-refractivity contribution in [1.29, 1.82) is 0 Å². The first-order valence-electron chi connectivity index (χ1n) is 8.22. The van der Waals surface area contributed by atoms with Crippen LogP contribution in [-0.2, 0) is 10.2 Å². The minimum atomic E-state index is -0.577. The van der Waals surface area contributed by atoms with Crippen molar-refractivity contribution in [3.05, 3.63) is 34.9 Å². The van der Waals surface area contributed by atoms with E-state index < -0.39 is 5.41 Å². The molecule has 0 unspecified atom stereocenters. The van der Waals surface area contributed by atoms with Crippen LogP contribution in [0.4, 0.5) is 0 Å². The van der Waals surface area contributed by atoms with E-state index in [1.54, 1.807) is 0 Å². The molecule has 3 nitrogen and oxygen atoms in total. The molecule has 1 amide bonds. The molecule has 0 radical (unpaired) electrons. The molecule has 2 rings (SSSR count). The van der Waals surface area contributed by atoms with Gasteiger partial charge in [0.2, 0.25) is 5.91 Å². The number of halogens is 2. The Balaban J connectivity index is 0.00000264. The standard InChI is InChI=1S/C18H27ClN2O.ClH/c1-4-20-13-14-9-11-21(12-10-14)17(22)18(2,3)15-7-5-6-8-16(15)19;/h5-8,14,20H,4,9-13H2,1-3H3;1H. The molecule has 0 bridgehead atoms. The van der Waals surface area contributed by atoms with E-state index in [0.29, 0.717) is 10.9 Å². The fourth-order valence-electron chi connectivity index (χ4n) is 3.17. The average molecular weight is 359 g/mol. The van der Waals surface area contributed by atoms with Crippen LogP contribution in [0.3, 0.4) is 0 Å². The highest BCUT2D eigenvalue weighted by Gasteiger charge is 2.36. The maximum atomic E-state index is 12.9. The molecule has 1 aromatic rings. The lowest BCUT2D eigenvalue weighted by atomic mass is 9.82. The third-order valence-corrected chi connectivity index (χ3v) is 5.00. The smallest absolute Gasteiger partial charge is 0.232 e. The zero-order valence-electron chi connectivity index (χ0n) is 14.3. The van der Waals surface area contributed by atoms with Gasteiger partial charge in [-0.15, -0.1) is 12.4 Å². The van der Waals surface area contributed by atoms with Crippen LogP contribution in [0.15, 0.2) is 24.3 Å². The van der Waals surface area contributed by atoms with E-state index >= 15 is 0 Å². The molecule has 1 saturated heterocycles. The molecule has 5 heteroatoms. The van der Waals surface area contributed by atoms with E-state index in [9.17, 15) is 4.79 Å². The van der Waals surface area contributed by atoms with Crippen molar-refractivity contribution >= 4 is 29.9 Å². The summed E-state index contributed by atoms with van der Waals surface area (Å²) in [5.41, 5.74) is 0.337. The Hall–Kier alpha value is -0.770. The third-order valence-electron chi connectivity index (χ3n) is 4.67. The van der Waals surface area contributed by atoms with Gasteiger partial charge in [0.1, 0.15) is 0 Å². The lowest BCUT2D eigenvalue weighted by Crippen LogP contribution is -2.48. The van der Waals surface area contributed by atoms with Crippen molar-refractivity contribution in [2.24, 2.45) is 5.92 Å². The number of piperidine rings is 1. The molecule has 0 aromatic heterocycles. The molecule has 1 aliphatic heterocycles. The van der Waals surface area contributed by atoms with Crippen molar-refractivity contribution in [3.63, 3.8) is 0 Å². The predicted molar refractivity (Wildman–Crippen MR) is 99.6 cm³/mol. The van der Waals surface area contributed by atoms with Gasteiger partial charge < -0.3 is 10.2 Å². The van der Waals surface area contributed by atoms with Crippen LogP contribution >= 0.6 is 24.0 Å². The molecule has 0 aliphatic carbocycles. The van der Waals surface area contributed by atoms with Crippen molar-refractivity contribution in [1.82, 2.24) is 10.2 Å². The van der Waals surface area contributed by atoms with Crippen LogP contribution in [0.1, 0.15) is 39.2 Å². The summed E-state index contributed by atoms with van der Waals surface area (Å²) in [6, 6.07) is 7.66. The van der Waals surface area contributed by atoms with Crippen LogP contribution < -0.4 is 5.32 Å². The lowest BCUT2D eigenvalue weighted by molar-refractivity contribution is -0.137. The second-order valence-corrected chi connectivity index (χ2v) is 7.06. The first-order chi connectivity index (χ1) is 10.5. The van der Waals surface area contributed by atoms with Crippen molar-refractivity contribution in [3.8, 4) is 0 Å². The molecule has 0 spiro atoms. The number of amides is 1. The Morgan fingerprint density at radius 2 is 1.91 bits per heavy atom. The van der Waals surface area contributed by atoms with Gasteiger partial charge in [0, 0.05) is 18.1 Å². The molecule has 1 aliphatic rings. The number of nitrogens with zero attached hydrogens (tertiary/aromatic N) is 1. The van der Waals surface area contributed by atoms with Gasteiger partial charge in [0.25, 0.3) is 0 Å². The van der Waals surface area contributed by atoms with Crippen LogP contribution in [0.25, 0.3) is 0 Å². The van der Waals surface area contributed by atoms with E-state index in [-0.39, 0.29) is 18.3 Å². The number of carbonyl (C=O) groups is 1. The van der Waals surface area contributed by atoms with Crippen LogP contribution in [0, 0.1) is 5.92 Å². The number of nitrogens with one attached hydrogen (secondary N) is 1. The molecule has 0 atom stereocenters. The summed E-state index contributed by atoms with van der Waals surface area (Å²) < 4.78 is 0. The fourth-order valence-corrected chi connectivity index (χ4v) is 3.54. The third kappa shape index (κ3) is 4.85. The molecular weight excluding hydrogens is 331 g/mol. The number of carbonyl (C=O) groups excluding carboxylic acids is 1. The first-order valence-corrected chi connectivity index (χ1v) is 8.59. The largest absolute Gasteiger partial charge is 0.342 e. The average Bonchev–Trinajstić information content (AvgIpc) is 2.53. The normalized spacial score (nSPS) is 16.1. The quantitative estimate of drug-likeness (QED) is 0.865. The maximum Gasteiger partial charge on any atom is 0.232 e. The summed E-state index contributed by atoms with van der Waals surface area (Å²) in [6.07, 6.45) is 2.16. The lowest BCUT2D eigenvalue weighted by Gasteiger charge is -2.37. The summed E-state index contributed by atoms with van der Waals surface area (Å²) in [4.78, 5) is 15.0. The minimum Gasteiger partial charge on any atom is -0.342 e. The Labute approximate surface area is 151 Å². The molecular formula is C18H28Cl2N2O. The molecule has 1 fully saturated rings. The number of hydrogen-bond donors (Lipinski definition) is 1. The molecule has 1 N–H and O–H groups in total. The number of likely N-dealkylation sites (tertiary alicyclic amines) is 1. The maximum absolute atomic E-state index is 12.9. The highest BCUT2D eigenvalue weighted by Crippen LogP contribution is 2.32. The van der Waals surface area contributed by atoms with Gasteiger partial charge >= 0.3 is 0 Å². The van der Waals surface area contributed by atoms with Gasteiger partial charge in [-0.25, -0.2) is 0 Å². The van der Waals surface area contributed by atoms with Gasteiger partial charge in [-0.3, -0.25) is 4.79 Å².